The second-order valence-corrected chi connectivity index (χ2v) is 4.72. The third-order valence-electron chi connectivity index (χ3n) is 3.69. The average molecular weight is 196 g/mol. The van der Waals surface area contributed by atoms with Crippen LogP contribution in [-0.2, 0) is 9.59 Å². The smallest absolute Gasteiger partial charge is 0.123 e. The Kier molecular flexibility index (Phi) is 4.30. The van der Waals surface area contributed by atoms with Crippen LogP contribution in [0.5, 0.6) is 0 Å². The van der Waals surface area contributed by atoms with Crippen LogP contribution in [0.1, 0.15) is 39.5 Å². The molecule has 1 aliphatic rings. The van der Waals surface area contributed by atoms with Gasteiger partial charge in [0.25, 0.3) is 0 Å². The van der Waals surface area contributed by atoms with Crippen LogP contribution in [0, 0.1) is 23.7 Å². The molecule has 1 fully saturated rings. The van der Waals surface area contributed by atoms with E-state index < -0.39 is 0 Å². The van der Waals surface area contributed by atoms with E-state index in [1.54, 1.807) is 0 Å². The Morgan fingerprint density at radius 1 is 0.857 bits per heavy atom. The zero-order valence-electron chi connectivity index (χ0n) is 9.11. The van der Waals surface area contributed by atoms with E-state index in [1.807, 2.05) is 6.92 Å². The van der Waals surface area contributed by atoms with Crippen molar-refractivity contribution in [1.82, 2.24) is 0 Å². The topological polar surface area (TPSA) is 34.1 Å². The van der Waals surface area contributed by atoms with Crippen molar-refractivity contribution in [3.05, 3.63) is 0 Å². The van der Waals surface area contributed by atoms with Gasteiger partial charge in [-0.15, -0.1) is 0 Å². The average Bonchev–Trinajstić information content (AvgIpc) is 2.17. The van der Waals surface area contributed by atoms with Gasteiger partial charge in [0.1, 0.15) is 12.6 Å². The summed E-state index contributed by atoms with van der Waals surface area (Å²) in [6.07, 6.45) is 6.24. The van der Waals surface area contributed by atoms with E-state index in [1.165, 1.54) is 0 Å². The van der Waals surface area contributed by atoms with Crippen molar-refractivity contribution in [2.24, 2.45) is 23.7 Å². The number of carbonyl (C=O) groups excluding carboxylic acids is 2. The first-order chi connectivity index (χ1) is 6.69. The van der Waals surface area contributed by atoms with Gasteiger partial charge in [-0.2, -0.15) is 0 Å². The van der Waals surface area contributed by atoms with Crippen LogP contribution >= 0.6 is 0 Å². The van der Waals surface area contributed by atoms with Gasteiger partial charge >= 0.3 is 0 Å². The van der Waals surface area contributed by atoms with Crippen LogP contribution in [0.4, 0.5) is 0 Å². The largest absolute Gasteiger partial charge is 0.303 e. The lowest BCUT2D eigenvalue weighted by molar-refractivity contribution is -0.117. The van der Waals surface area contributed by atoms with E-state index in [-0.39, 0.29) is 17.8 Å². The molecule has 0 N–H and O–H groups in total. The van der Waals surface area contributed by atoms with Gasteiger partial charge in [0.05, 0.1) is 0 Å². The van der Waals surface area contributed by atoms with E-state index in [0.717, 1.165) is 38.3 Å². The molecule has 0 aliphatic heterocycles. The standard InChI is InChI=1S/C12H20O2/c1-9-3-5-11(7-13)10(2)12(8-14)6-4-9/h7-12H,3-6H2,1-2H3. The molecule has 0 heterocycles. The zero-order valence-corrected chi connectivity index (χ0v) is 9.11. The predicted octanol–water partition coefficient (Wildman–Crippen LogP) is 2.46. The molecule has 0 bridgehead atoms. The molecule has 80 valence electrons. The minimum atomic E-state index is 0.0907. The summed E-state index contributed by atoms with van der Waals surface area (Å²) in [6.45, 7) is 4.24. The van der Waals surface area contributed by atoms with Crippen LogP contribution in [0.2, 0.25) is 0 Å². The first-order valence-electron chi connectivity index (χ1n) is 5.59. The Morgan fingerprint density at radius 2 is 1.29 bits per heavy atom. The van der Waals surface area contributed by atoms with E-state index in [4.69, 9.17) is 0 Å². The fraction of sp³-hybridized carbons (Fsp3) is 0.833. The van der Waals surface area contributed by atoms with E-state index in [0.29, 0.717) is 5.92 Å². The summed E-state index contributed by atoms with van der Waals surface area (Å²) >= 11 is 0. The number of hydrogen-bond acceptors (Lipinski definition) is 2. The molecule has 0 aromatic rings. The van der Waals surface area contributed by atoms with Crippen molar-refractivity contribution in [3.8, 4) is 0 Å². The molecule has 1 aliphatic carbocycles. The number of rotatable bonds is 2. The third kappa shape index (κ3) is 2.66. The molecule has 2 nitrogen and oxygen atoms in total. The SMILES string of the molecule is CC1CCC(C=O)C(C)C(C=O)CC1. The minimum absolute atomic E-state index is 0.0907. The summed E-state index contributed by atoms with van der Waals surface area (Å²) in [6, 6.07) is 0. The highest BCUT2D eigenvalue weighted by Crippen LogP contribution is 2.32. The first-order valence-corrected chi connectivity index (χ1v) is 5.59. The minimum Gasteiger partial charge on any atom is -0.303 e. The molecule has 2 heteroatoms. The molecular formula is C12H20O2. The molecule has 1 saturated carbocycles. The second kappa shape index (κ2) is 5.28. The molecule has 14 heavy (non-hydrogen) atoms. The molecule has 0 amide bonds. The maximum Gasteiger partial charge on any atom is 0.123 e. The number of carbonyl (C=O) groups is 2. The van der Waals surface area contributed by atoms with Gasteiger partial charge in [-0.25, -0.2) is 0 Å². The lowest BCUT2D eigenvalue weighted by Crippen LogP contribution is -2.26. The molecular weight excluding hydrogens is 176 g/mol. The molecule has 0 saturated heterocycles. The van der Waals surface area contributed by atoms with Crippen LogP contribution in [-0.4, -0.2) is 12.6 Å². The van der Waals surface area contributed by atoms with Crippen molar-refractivity contribution < 1.29 is 9.59 Å². The van der Waals surface area contributed by atoms with Crippen molar-refractivity contribution >= 4 is 12.6 Å². The predicted molar refractivity (Wildman–Crippen MR) is 55.9 cm³/mol. The third-order valence-corrected chi connectivity index (χ3v) is 3.69. The first kappa shape index (κ1) is 11.4. The van der Waals surface area contributed by atoms with Crippen molar-refractivity contribution in [3.63, 3.8) is 0 Å². The van der Waals surface area contributed by atoms with Crippen LogP contribution in [0.3, 0.4) is 0 Å². The zero-order chi connectivity index (χ0) is 10.6. The maximum absolute atomic E-state index is 10.9. The highest BCUT2D eigenvalue weighted by molar-refractivity contribution is 5.59. The van der Waals surface area contributed by atoms with E-state index in [2.05, 4.69) is 6.92 Å². The van der Waals surface area contributed by atoms with Gasteiger partial charge in [-0.3, -0.25) is 0 Å². The van der Waals surface area contributed by atoms with Crippen LogP contribution in [0.15, 0.2) is 0 Å². The normalized spacial score (nSPS) is 39.6. The fourth-order valence-corrected chi connectivity index (χ4v) is 2.33. The van der Waals surface area contributed by atoms with Gasteiger partial charge in [0, 0.05) is 11.8 Å². The summed E-state index contributed by atoms with van der Waals surface area (Å²) in [5, 5.41) is 0. The maximum atomic E-state index is 10.9. The summed E-state index contributed by atoms with van der Waals surface area (Å²) in [4.78, 5) is 21.8. The van der Waals surface area contributed by atoms with E-state index in [9.17, 15) is 9.59 Å². The van der Waals surface area contributed by atoms with Crippen molar-refractivity contribution in [2.75, 3.05) is 0 Å². The quantitative estimate of drug-likeness (QED) is 0.636. The molecule has 2 atom stereocenters. The molecule has 0 aromatic carbocycles. The van der Waals surface area contributed by atoms with Gasteiger partial charge in [-0.1, -0.05) is 26.7 Å². The number of aldehydes is 2. The molecule has 0 spiro atoms. The fourth-order valence-electron chi connectivity index (χ4n) is 2.33. The Hall–Kier alpha value is -0.660. The van der Waals surface area contributed by atoms with E-state index >= 15 is 0 Å². The van der Waals surface area contributed by atoms with Gasteiger partial charge in [0.15, 0.2) is 0 Å². The molecule has 2 unspecified atom stereocenters. The Labute approximate surface area is 86.1 Å². The van der Waals surface area contributed by atoms with Gasteiger partial charge < -0.3 is 9.59 Å². The van der Waals surface area contributed by atoms with Gasteiger partial charge in [0.2, 0.25) is 0 Å². The lowest BCUT2D eigenvalue weighted by Gasteiger charge is -2.29. The van der Waals surface area contributed by atoms with Crippen molar-refractivity contribution in [2.45, 2.75) is 39.5 Å². The Balaban J connectivity index is 2.67. The van der Waals surface area contributed by atoms with Crippen LogP contribution in [0.25, 0.3) is 0 Å². The van der Waals surface area contributed by atoms with Crippen LogP contribution < -0.4 is 0 Å². The summed E-state index contributed by atoms with van der Waals surface area (Å²) < 4.78 is 0. The lowest BCUT2D eigenvalue weighted by atomic mass is 9.75. The number of hydrogen-bond donors (Lipinski definition) is 0. The summed E-state index contributed by atoms with van der Waals surface area (Å²) in [7, 11) is 0. The Morgan fingerprint density at radius 3 is 1.64 bits per heavy atom. The summed E-state index contributed by atoms with van der Waals surface area (Å²) in [5.74, 6) is 1.07. The molecule has 0 radical (unpaired) electrons. The molecule has 1 rings (SSSR count). The second-order valence-electron chi connectivity index (χ2n) is 4.72. The highest BCUT2D eigenvalue weighted by Gasteiger charge is 2.27. The van der Waals surface area contributed by atoms with Crippen molar-refractivity contribution in [1.29, 1.82) is 0 Å². The summed E-state index contributed by atoms with van der Waals surface area (Å²) in [5.41, 5.74) is 0. The Bertz CT molecular complexity index is 180. The monoisotopic (exact) mass is 196 g/mol. The van der Waals surface area contributed by atoms with Gasteiger partial charge in [-0.05, 0) is 24.7 Å². The highest BCUT2D eigenvalue weighted by atomic mass is 16.1. The molecule has 0 aromatic heterocycles.